The lowest BCUT2D eigenvalue weighted by Crippen LogP contribution is -2.16. The second kappa shape index (κ2) is 8.01. The van der Waals surface area contributed by atoms with Crippen molar-refractivity contribution in [2.45, 2.75) is 18.7 Å². The van der Waals surface area contributed by atoms with Crippen LogP contribution >= 0.6 is 11.8 Å². The van der Waals surface area contributed by atoms with Gasteiger partial charge in [0, 0.05) is 23.0 Å². The highest BCUT2D eigenvalue weighted by molar-refractivity contribution is 7.98. The molecule has 6 heteroatoms. The van der Waals surface area contributed by atoms with Crippen molar-refractivity contribution < 1.29 is 4.79 Å². The van der Waals surface area contributed by atoms with Crippen LogP contribution in [0, 0.1) is 13.8 Å². The molecule has 146 valence electrons. The highest BCUT2D eigenvalue weighted by Gasteiger charge is 2.23. The lowest BCUT2D eigenvalue weighted by Gasteiger charge is -2.12. The van der Waals surface area contributed by atoms with Gasteiger partial charge in [-0.3, -0.25) is 4.79 Å². The Morgan fingerprint density at radius 1 is 1.00 bits per heavy atom. The Labute approximate surface area is 174 Å². The Balaban J connectivity index is 1.80. The molecule has 0 spiro atoms. The highest BCUT2D eigenvalue weighted by atomic mass is 32.2. The van der Waals surface area contributed by atoms with Gasteiger partial charge in [-0.15, -0.1) is 11.8 Å². The van der Waals surface area contributed by atoms with E-state index in [-0.39, 0.29) is 5.91 Å². The van der Waals surface area contributed by atoms with Crippen LogP contribution < -0.4 is 5.32 Å². The van der Waals surface area contributed by atoms with Crippen molar-refractivity contribution in [3.63, 3.8) is 0 Å². The Morgan fingerprint density at radius 2 is 1.72 bits per heavy atom. The second-order valence-corrected chi connectivity index (χ2v) is 7.69. The Morgan fingerprint density at radius 3 is 2.41 bits per heavy atom. The molecule has 2 aromatic heterocycles. The van der Waals surface area contributed by atoms with Gasteiger partial charge in [0.25, 0.3) is 5.91 Å². The van der Waals surface area contributed by atoms with Crippen molar-refractivity contribution in [2.75, 3.05) is 11.6 Å². The first-order chi connectivity index (χ1) is 14.1. The Bertz CT molecular complexity index is 1140. The summed E-state index contributed by atoms with van der Waals surface area (Å²) >= 11 is 1.64. The average Bonchev–Trinajstić information content (AvgIpc) is 3.36. The van der Waals surface area contributed by atoms with E-state index in [1.807, 2.05) is 102 Å². The largest absolute Gasteiger partial charge is 0.322 e. The van der Waals surface area contributed by atoms with Crippen LogP contribution in [-0.2, 0) is 0 Å². The number of nitrogens with one attached hydrogen (secondary N) is 1. The number of hydrogen-bond acceptors (Lipinski definition) is 3. The Kier molecular flexibility index (Phi) is 5.27. The van der Waals surface area contributed by atoms with Crippen molar-refractivity contribution >= 4 is 23.4 Å². The van der Waals surface area contributed by atoms with Gasteiger partial charge in [0.05, 0.1) is 11.4 Å². The van der Waals surface area contributed by atoms with Crippen LogP contribution in [0.3, 0.4) is 0 Å². The van der Waals surface area contributed by atoms with Gasteiger partial charge >= 0.3 is 0 Å². The van der Waals surface area contributed by atoms with Crippen molar-refractivity contribution in [1.82, 2.24) is 14.3 Å². The molecule has 0 atom stereocenters. The minimum Gasteiger partial charge on any atom is -0.322 e. The molecule has 1 N–H and O–H groups in total. The highest BCUT2D eigenvalue weighted by Crippen LogP contribution is 2.25. The zero-order valence-corrected chi connectivity index (χ0v) is 17.4. The van der Waals surface area contributed by atoms with Crippen LogP contribution in [0.15, 0.2) is 78.0 Å². The number of rotatable bonds is 5. The molecule has 0 saturated heterocycles. The van der Waals surface area contributed by atoms with Crippen LogP contribution in [0.1, 0.15) is 21.6 Å². The van der Waals surface area contributed by atoms with E-state index in [4.69, 9.17) is 5.10 Å². The van der Waals surface area contributed by atoms with Gasteiger partial charge in [-0.25, -0.2) is 4.68 Å². The summed E-state index contributed by atoms with van der Waals surface area (Å²) < 4.78 is 3.75. The van der Waals surface area contributed by atoms with E-state index in [2.05, 4.69) is 5.32 Å². The maximum atomic E-state index is 13.3. The summed E-state index contributed by atoms with van der Waals surface area (Å²) in [6.45, 7) is 3.91. The number of nitrogens with zero attached hydrogens (tertiary/aromatic N) is 3. The zero-order chi connectivity index (χ0) is 20.4. The SMILES string of the molecule is CSc1cccc(NC(=O)c2c(C)nn(-c3ccc(C)cc3)c2-n2cccc2)c1. The predicted octanol–water partition coefficient (Wildman–Crippen LogP) is 5.25. The molecule has 0 aliphatic heterocycles. The van der Waals surface area contributed by atoms with Gasteiger partial charge < -0.3 is 9.88 Å². The number of anilines is 1. The monoisotopic (exact) mass is 402 g/mol. The van der Waals surface area contributed by atoms with E-state index >= 15 is 0 Å². The summed E-state index contributed by atoms with van der Waals surface area (Å²) in [4.78, 5) is 14.4. The maximum Gasteiger partial charge on any atom is 0.261 e. The maximum absolute atomic E-state index is 13.3. The van der Waals surface area contributed by atoms with Crippen LogP contribution in [0.5, 0.6) is 0 Å². The number of carbonyl (C=O) groups excluding carboxylic acids is 1. The summed E-state index contributed by atoms with van der Waals surface area (Å²) in [6, 6.07) is 19.8. The van der Waals surface area contributed by atoms with Gasteiger partial charge in [0.15, 0.2) is 5.82 Å². The van der Waals surface area contributed by atoms with E-state index in [1.165, 1.54) is 5.56 Å². The first-order valence-electron chi connectivity index (χ1n) is 9.32. The molecule has 0 saturated carbocycles. The van der Waals surface area contributed by atoms with Crippen LogP contribution in [0.2, 0.25) is 0 Å². The standard InChI is InChI=1S/C23H22N4OS/c1-16-9-11-19(12-10-16)27-23(26-13-4-5-14-26)21(17(2)25-27)22(28)24-18-7-6-8-20(15-18)29-3/h4-15H,1-3H3,(H,24,28). The number of hydrogen-bond donors (Lipinski definition) is 1. The summed E-state index contributed by atoms with van der Waals surface area (Å²) in [5, 5.41) is 7.72. The molecule has 0 unspecified atom stereocenters. The van der Waals surface area contributed by atoms with Crippen LogP contribution in [0.25, 0.3) is 11.5 Å². The lowest BCUT2D eigenvalue weighted by molar-refractivity contribution is 0.102. The minimum atomic E-state index is -0.178. The quantitative estimate of drug-likeness (QED) is 0.464. The summed E-state index contributed by atoms with van der Waals surface area (Å²) in [5.41, 5.74) is 4.07. The molecule has 4 rings (SSSR count). The van der Waals surface area contributed by atoms with Crippen LogP contribution in [-0.4, -0.2) is 26.5 Å². The molecule has 0 fully saturated rings. The predicted molar refractivity (Wildman–Crippen MR) is 119 cm³/mol. The molecule has 0 aliphatic rings. The van der Waals surface area contributed by atoms with Gasteiger partial charge in [0.1, 0.15) is 5.56 Å². The first-order valence-corrected chi connectivity index (χ1v) is 10.5. The number of thioether (sulfide) groups is 1. The summed E-state index contributed by atoms with van der Waals surface area (Å²) in [7, 11) is 0. The fourth-order valence-electron chi connectivity index (χ4n) is 3.26. The molecule has 0 bridgehead atoms. The second-order valence-electron chi connectivity index (χ2n) is 6.81. The molecule has 2 aromatic carbocycles. The van der Waals surface area contributed by atoms with Crippen molar-refractivity contribution in [3.05, 3.63) is 89.9 Å². The van der Waals surface area contributed by atoms with Crippen molar-refractivity contribution in [2.24, 2.45) is 0 Å². The van der Waals surface area contributed by atoms with E-state index in [1.54, 1.807) is 11.8 Å². The first kappa shape index (κ1) is 19.1. The van der Waals surface area contributed by atoms with Gasteiger partial charge in [-0.05, 0) is 62.6 Å². The number of aryl methyl sites for hydroxylation is 2. The molecule has 0 aliphatic carbocycles. The van der Waals surface area contributed by atoms with E-state index < -0.39 is 0 Å². The fourth-order valence-corrected chi connectivity index (χ4v) is 3.71. The zero-order valence-electron chi connectivity index (χ0n) is 16.6. The molecular weight excluding hydrogens is 380 g/mol. The third-order valence-electron chi connectivity index (χ3n) is 4.72. The van der Waals surface area contributed by atoms with Crippen LogP contribution in [0.4, 0.5) is 5.69 Å². The average molecular weight is 403 g/mol. The van der Waals surface area contributed by atoms with E-state index in [9.17, 15) is 4.79 Å². The summed E-state index contributed by atoms with van der Waals surface area (Å²) in [5.74, 6) is 0.540. The molecule has 29 heavy (non-hydrogen) atoms. The number of aromatic nitrogens is 3. The third-order valence-corrected chi connectivity index (χ3v) is 5.44. The smallest absolute Gasteiger partial charge is 0.261 e. The molecular formula is C23H22N4OS. The fraction of sp³-hybridized carbons (Fsp3) is 0.130. The number of carbonyl (C=O) groups is 1. The van der Waals surface area contributed by atoms with Crippen molar-refractivity contribution in [3.8, 4) is 11.5 Å². The molecule has 5 nitrogen and oxygen atoms in total. The van der Waals surface area contributed by atoms with Gasteiger partial charge in [-0.1, -0.05) is 23.8 Å². The minimum absolute atomic E-state index is 0.178. The summed E-state index contributed by atoms with van der Waals surface area (Å²) in [6.07, 6.45) is 5.86. The Hall–Kier alpha value is -3.25. The molecule has 1 amide bonds. The van der Waals surface area contributed by atoms with Crippen molar-refractivity contribution in [1.29, 1.82) is 0 Å². The molecule has 0 radical (unpaired) electrons. The van der Waals surface area contributed by atoms with Gasteiger partial charge in [-0.2, -0.15) is 5.10 Å². The normalized spacial score (nSPS) is 10.9. The molecule has 4 aromatic rings. The number of amides is 1. The van der Waals surface area contributed by atoms with Gasteiger partial charge in [0.2, 0.25) is 0 Å². The van der Waals surface area contributed by atoms with E-state index in [0.29, 0.717) is 11.3 Å². The topological polar surface area (TPSA) is 51.9 Å². The molecule has 2 heterocycles. The number of benzene rings is 2. The van der Waals surface area contributed by atoms with E-state index in [0.717, 1.165) is 22.1 Å². The third kappa shape index (κ3) is 3.84. The lowest BCUT2D eigenvalue weighted by atomic mass is 10.2.